The van der Waals surface area contributed by atoms with E-state index in [0.717, 1.165) is 37.2 Å². The third kappa shape index (κ3) is 4.59. The van der Waals surface area contributed by atoms with E-state index in [9.17, 15) is 4.39 Å². The van der Waals surface area contributed by atoms with Gasteiger partial charge in [-0.1, -0.05) is 30.7 Å². The van der Waals surface area contributed by atoms with E-state index in [1.54, 1.807) is 6.07 Å². The Hall–Kier alpha value is -0.290. The third-order valence-electron chi connectivity index (χ3n) is 4.04. The van der Waals surface area contributed by atoms with Gasteiger partial charge in [-0.3, -0.25) is 0 Å². The number of nitrogens with zero attached hydrogens (tertiary/aromatic N) is 1. The zero-order valence-electron chi connectivity index (χ0n) is 12.7. The topological polar surface area (TPSA) is 15.3 Å². The van der Waals surface area contributed by atoms with Gasteiger partial charge in [0.25, 0.3) is 0 Å². The molecule has 1 N–H and O–H groups in total. The van der Waals surface area contributed by atoms with E-state index in [-0.39, 0.29) is 10.8 Å². The molecule has 0 radical (unpaired) electrons. The zero-order chi connectivity index (χ0) is 15.2. The fourth-order valence-corrected chi connectivity index (χ4v) is 4.26. The summed E-state index contributed by atoms with van der Waals surface area (Å²) in [6.45, 7) is 4.25. The molecule has 2 rings (SSSR count). The molecular formula is C16H24ClFN2S. The number of benzene rings is 1. The fourth-order valence-electron chi connectivity index (χ4n) is 2.75. The van der Waals surface area contributed by atoms with Gasteiger partial charge in [0.2, 0.25) is 0 Å². The van der Waals surface area contributed by atoms with Gasteiger partial charge in [-0.25, -0.2) is 4.39 Å². The van der Waals surface area contributed by atoms with Crippen LogP contribution in [0.15, 0.2) is 18.2 Å². The lowest BCUT2D eigenvalue weighted by molar-refractivity contribution is 0.213. The smallest absolute Gasteiger partial charge is 0.142 e. The van der Waals surface area contributed by atoms with Crippen LogP contribution in [0.3, 0.4) is 0 Å². The molecular weight excluding hydrogens is 307 g/mol. The Bertz CT molecular complexity index is 458. The standard InChI is InChI=1S/C16H24ClFN2S/c1-3-7-19-14(15-11-21-9-8-20(15)2)10-12-5-4-6-13(18)16(12)17/h4-6,14-15,19H,3,7-11H2,1-2H3. The monoisotopic (exact) mass is 330 g/mol. The lowest BCUT2D eigenvalue weighted by atomic mass is 9.98. The molecule has 2 atom stereocenters. The van der Waals surface area contributed by atoms with Gasteiger partial charge >= 0.3 is 0 Å². The van der Waals surface area contributed by atoms with Crippen molar-refractivity contribution < 1.29 is 4.39 Å². The van der Waals surface area contributed by atoms with Gasteiger partial charge in [0.1, 0.15) is 5.82 Å². The largest absolute Gasteiger partial charge is 0.312 e. The van der Waals surface area contributed by atoms with Crippen molar-refractivity contribution in [3.8, 4) is 0 Å². The Morgan fingerprint density at radius 1 is 1.52 bits per heavy atom. The summed E-state index contributed by atoms with van der Waals surface area (Å²) in [6, 6.07) is 5.87. The minimum absolute atomic E-state index is 0.270. The number of hydrogen-bond donors (Lipinski definition) is 1. The molecule has 0 spiro atoms. The van der Waals surface area contributed by atoms with Crippen molar-refractivity contribution in [1.29, 1.82) is 0 Å². The van der Waals surface area contributed by atoms with Gasteiger partial charge in [-0.2, -0.15) is 11.8 Å². The van der Waals surface area contributed by atoms with E-state index in [1.165, 1.54) is 11.8 Å². The van der Waals surface area contributed by atoms with Crippen LogP contribution in [0, 0.1) is 5.82 Å². The Morgan fingerprint density at radius 2 is 2.33 bits per heavy atom. The van der Waals surface area contributed by atoms with Crippen LogP contribution in [0.2, 0.25) is 5.02 Å². The molecule has 118 valence electrons. The summed E-state index contributed by atoms with van der Waals surface area (Å²) in [5.41, 5.74) is 0.897. The van der Waals surface area contributed by atoms with E-state index in [4.69, 9.17) is 11.6 Å². The minimum atomic E-state index is -0.324. The first-order valence-electron chi connectivity index (χ1n) is 7.57. The second-order valence-electron chi connectivity index (χ2n) is 5.60. The van der Waals surface area contributed by atoms with Crippen LogP contribution < -0.4 is 5.32 Å². The van der Waals surface area contributed by atoms with Gasteiger partial charge in [0.05, 0.1) is 5.02 Å². The summed E-state index contributed by atoms with van der Waals surface area (Å²) in [4.78, 5) is 2.41. The highest BCUT2D eigenvalue weighted by Crippen LogP contribution is 2.24. The van der Waals surface area contributed by atoms with Crippen molar-refractivity contribution in [3.05, 3.63) is 34.6 Å². The van der Waals surface area contributed by atoms with Crippen molar-refractivity contribution in [3.63, 3.8) is 0 Å². The molecule has 1 saturated heterocycles. The first-order valence-corrected chi connectivity index (χ1v) is 9.11. The molecule has 1 fully saturated rings. The minimum Gasteiger partial charge on any atom is -0.312 e. The summed E-state index contributed by atoms with van der Waals surface area (Å²) in [5.74, 6) is 1.98. The van der Waals surface area contributed by atoms with Gasteiger partial charge < -0.3 is 10.2 Å². The average Bonchev–Trinajstić information content (AvgIpc) is 2.48. The molecule has 21 heavy (non-hydrogen) atoms. The van der Waals surface area contributed by atoms with Crippen LogP contribution in [0.25, 0.3) is 0 Å². The maximum Gasteiger partial charge on any atom is 0.142 e. The molecule has 0 amide bonds. The second-order valence-corrected chi connectivity index (χ2v) is 7.13. The predicted molar refractivity (Wildman–Crippen MR) is 90.9 cm³/mol. The summed E-state index contributed by atoms with van der Waals surface area (Å²) in [7, 11) is 2.18. The number of hydrogen-bond acceptors (Lipinski definition) is 3. The summed E-state index contributed by atoms with van der Waals surface area (Å²) in [5, 5.41) is 3.90. The number of likely N-dealkylation sites (N-methyl/N-ethyl adjacent to an activating group) is 1. The molecule has 1 aromatic carbocycles. The van der Waals surface area contributed by atoms with Crippen LogP contribution in [-0.2, 0) is 6.42 Å². The zero-order valence-corrected chi connectivity index (χ0v) is 14.3. The highest BCUT2D eigenvalue weighted by atomic mass is 35.5. The number of nitrogens with one attached hydrogen (secondary N) is 1. The second kappa shape index (κ2) is 8.37. The molecule has 0 aliphatic carbocycles. The molecule has 0 saturated carbocycles. The molecule has 0 aromatic heterocycles. The summed E-state index contributed by atoms with van der Waals surface area (Å²) >= 11 is 8.12. The predicted octanol–water partition coefficient (Wildman–Crippen LogP) is 3.44. The molecule has 0 bridgehead atoms. The maximum absolute atomic E-state index is 13.6. The van der Waals surface area contributed by atoms with Crippen molar-refractivity contribution >= 4 is 23.4 Å². The molecule has 5 heteroatoms. The first kappa shape index (κ1) is 17.1. The van der Waals surface area contributed by atoms with Crippen LogP contribution in [0.5, 0.6) is 0 Å². The SMILES string of the molecule is CCCNC(Cc1cccc(F)c1Cl)C1CSCCN1C. The van der Waals surface area contributed by atoms with Crippen molar-refractivity contribution in [2.75, 3.05) is 31.6 Å². The lowest BCUT2D eigenvalue weighted by Gasteiger charge is -2.38. The molecule has 2 unspecified atom stereocenters. The van der Waals surface area contributed by atoms with E-state index in [0.29, 0.717) is 12.1 Å². The highest BCUT2D eigenvalue weighted by molar-refractivity contribution is 7.99. The van der Waals surface area contributed by atoms with E-state index in [2.05, 4.69) is 24.2 Å². The van der Waals surface area contributed by atoms with E-state index in [1.807, 2.05) is 17.8 Å². The van der Waals surface area contributed by atoms with Gasteiger partial charge in [-0.05, 0) is 38.1 Å². The van der Waals surface area contributed by atoms with E-state index < -0.39 is 0 Å². The van der Waals surface area contributed by atoms with Crippen molar-refractivity contribution in [2.45, 2.75) is 31.8 Å². The van der Waals surface area contributed by atoms with Crippen LogP contribution in [0.1, 0.15) is 18.9 Å². The van der Waals surface area contributed by atoms with Gasteiger partial charge in [0, 0.05) is 30.1 Å². The van der Waals surface area contributed by atoms with Gasteiger partial charge in [0.15, 0.2) is 0 Å². The van der Waals surface area contributed by atoms with Crippen LogP contribution >= 0.6 is 23.4 Å². The molecule has 1 aromatic rings. The van der Waals surface area contributed by atoms with Crippen LogP contribution in [-0.4, -0.2) is 48.6 Å². The van der Waals surface area contributed by atoms with Crippen LogP contribution in [0.4, 0.5) is 4.39 Å². The quantitative estimate of drug-likeness (QED) is 0.860. The highest BCUT2D eigenvalue weighted by Gasteiger charge is 2.28. The molecule has 1 aliphatic rings. The average molecular weight is 331 g/mol. The molecule has 1 heterocycles. The number of thioether (sulfide) groups is 1. The fraction of sp³-hybridized carbons (Fsp3) is 0.625. The Kier molecular flexibility index (Phi) is 6.80. The number of halogens is 2. The third-order valence-corrected chi connectivity index (χ3v) is 5.51. The van der Waals surface area contributed by atoms with Crippen molar-refractivity contribution in [2.24, 2.45) is 0 Å². The summed E-state index contributed by atoms with van der Waals surface area (Å²) in [6.07, 6.45) is 1.86. The van der Waals surface area contributed by atoms with Gasteiger partial charge in [-0.15, -0.1) is 0 Å². The molecule has 1 aliphatic heterocycles. The van der Waals surface area contributed by atoms with Crippen molar-refractivity contribution in [1.82, 2.24) is 10.2 Å². The Morgan fingerprint density at radius 3 is 3.05 bits per heavy atom. The lowest BCUT2D eigenvalue weighted by Crippen LogP contribution is -2.53. The van der Waals surface area contributed by atoms with E-state index >= 15 is 0 Å². The Balaban J connectivity index is 2.13. The summed E-state index contributed by atoms with van der Waals surface area (Å²) < 4.78 is 13.6. The number of rotatable bonds is 6. The maximum atomic E-state index is 13.6. The first-order chi connectivity index (χ1) is 10.1. The normalized spacial score (nSPS) is 21.4. The molecule has 2 nitrogen and oxygen atoms in total. The Labute approximate surface area is 136 Å².